The van der Waals surface area contributed by atoms with Crippen LogP contribution in [0.2, 0.25) is 0 Å². The normalized spacial score (nSPS) is 11.1. The van der Waals surface area contributed by atoms with Crippen molar-refractivity contribution in [2.75, 3.05) is 13.2 Å². The highest BCUT2D eigenvalue weighted by molar-refractivity contribution is 5.72. The van der Waals surface area contributed by atoms with E-state index < -0.39 is 12.3 Å². The topological polar surface area (TPSA) is 54.0 Å². The van der Waals surface area contributed by atoms with Gasteiger partial charge < -0.3 is 18.9 Å². The van der Waals surface area contributed by atoms with Crippen LogP contribution in [0.4, 0.5) is 13.2 Å². The van der Waals surface area contributed by atoms with Gasteiger partial charge >= 0.3 is 12.3 Å². The summed E-state index contributed by atoms with van der Waals surface area (Å²) in [6.07, 6.45) is -1.57. The average molecular weight is 489 g/mol. The maximum atomic E-state index is 12.4. The van der Waals surface area contributed by atoms with Crippen LogP contribution in [0.25, 0.3) is 11.1 Å². The van der Waals surface area contributed by atoms with E-state index in [2.05, 4.69) is 11.7 Å². The van der Waals surface area contributed by atoms with Crippen molar-refractivity contribution in [3.05, 3.63) is 72.3 Å². The first kappa shape index (κ1) is 25.9. The Balaban J connectivity index is 1.84. The molecule has 0 N–H and O–H groups in total. The molecular weight excluding hydrogens is 461 g/mol. The van der Waals surface area contributed by atoms with Crippen LogP contribution in [0.3, 0.4) is 0 Å². The summed E-state index contributed by atoms with van der Waals surface area (Å²) < 4.78 is 57.9. The summed E-state index contributed by atoms with van der Waals surface area (Å²) in [5.41, 5.74) is 2.53. The van der Waals surface area contributed by atoms with E-state index in [1.807, 2.05) is 24.3 Å². The first-order valence-electron chi connectivity index (χ1n) is 11.3. The number of hydrogen-bond acceptors (Lipinski definition) is 5. The average Bonchev–Trinajstić information content (AvgIpc) is 2.82. The molecule has 8 heteroatoms. The first-order chi connectivity index (χ1) is 16.8. The van der Waals surface area contributed by atoms with E-state index in [-0.39, 0.29) is 19.0 Å². The number of ether oxygens (including phenoxy) is 4. The van der Waals surface area contributed by atoms with E-state index >= 15 is 0 Å². The minimum Gasteiger partial charge on any atom is -0.478 e. The maximum Gasteiger partial charge on any atom is 0.573 e. The van der Waals surface area contributed by atoms with Crippen LogP contribution in [0.5, 0.6) is 23.0 Å². The predicted molar refractivity (Wildman–Crippen MR) is 126 cm³/mol. The van der Waals surface area contributed by atoms with E-state index in [0.717, 1.165) is 19.3 Å². The number of carbonyl (C=O) groups excluding carboxylic acids is 1. The number of aryl methyl sites for hydroxylation is 1. The maximum absolute atomic E-state index is 12.4. The Morgan fingerprint density at radius 2 is 1.49 bits per heavy atom. The molecule has 3 aromatic rings. The van der Waals surface area contributed by atoms with Crippen LogP contribution < -0.4 is 14.2 Å². The monoisotopic (exact) mass is 488 g/mol. The third kappa shape index (κ3) is 8.24. The van der Waals surface area contributed by atoms with Gasteiger partial charge in [-0.05, 0) is 72.9 Å². The fraction of sp³-hybridized carbons (Fsp3) is 0.296. The van der Waals surface area contributed by atoms with Gasteiger partial charge in [-0.15, -0.1) is 13.2 Å². The van der Waals surface area contributed by atoms with Crippen molar-refractivity contribution in [2.45, 2.75) is 39.5 Å². The van der Waals surface area contributed by atoms with Gasteiger partial charge in [0.15, 0.2) is 18.1 Å². The number of carbonyl (C=O) groups is 1. The second kappa shape index (κ2) is 12.1. The highest BCUT2D eigenvalue weighted by atomic mass is 19.4. The molecule has 0 unspecified atom stereocenters. The summed E-state index contributed by atoms with van der Waals surface area (Å²) in [7, 11) is 0. The predicted octanol–water partition coefficient (Wildman–Crippen LogP) is 7.33. The molecule has 0 aliphatic heterocycles. The lowest BCUT2D eigenvalue weighted by Gasteiger charge is -2.15. The quantitative estimate of drug-likeness (QED) is 0.265. The molecular formula is C27H27F3O5. The van der Waals surface area contributed by atoms with Gasteiger partial charge in [-0.3, -0.25) is 0 Å². The molecule has 0 heterocycles. The Morgan fingerprint density at radius 1 is 0.829 bits per heavy atom. The minimum absolute atomic E-state index is 0.239. The van der Waals surface area contributed by atoms with Crippen LogP contribution in [0.1, 0.15) is 32.3 Å². The van der Waals surface area contributed by atoms with Crippen molar-refractivity contribution in [2.24, 2.45) is 0 Å². The summed E-state index contributed by atoms with van der Waals surface area (Å²) in [5.74, 6) is 0.438. The summed E-state index contributed by atoms with van der Waals surface area (Å²) in [6, 6.07) is 18.3. The second-order valence-electron chi connectivity index (χ2n) is 7.68. The van der Waals surface area contributed by atoms with E-state index in [4.69, 9.17) is 14.2 Å². The molecule has 0 spiro atoms. The number of halogens is 3. The molecule has 0 aliphatic carbocycles. The van der Waals surface area contributed by atoms with Gasteiger partial charge in [-0.2, -0.15) is 0 Å². The van der Waals surface area contributed by atoms with Gasteiger partial charge in [0, 0.05) is 0 Å². The lowest BCUT2D eigenvalue weighted by atomic mass is 10.0. The van der Waals surface area contributed by atoms with Crippen LogP contribution in [-0.2, 0) is 16.0 Å². The Morgan fingerprint density at radius 3 is 2.11 bits per heavy atom. The van der Waals surface area contributed by atoms with Crippen LogP contribution in [0.15, 0.2) is 66.7 Å². The summed E-state index contributed by atoms with van der Waals surface area (Å²) in [6.45, 7) is 3.79. The third-order valence-electron chi connectivity index (χ3n) is 4.99. The van der Waals surface area contributed by atoms with Crippen molar-refractivity contribution in [3.8, 4) is 34.1 Å². The fourth-order valence-electron chi connectivity index (χ4n) is 3.31. The van der Waals surface area contributed by atoms with Crippen molar-refractivity contribution in [1.29, 1.82) is 0 Å². The zero-order chi connectivity index (χ0) is 25.3. The smallest absolute Gasteiger partial charge is 0.478 e. The summed E-state index contributed by atoms with van der Waals surface area (Å²) in [5, 5.41) is 0. The fourth-order valence-corrected chi connectivity index (χ4v) is 3.31. The molecule has 0 fully saturated rings. The van der Waals surface area contributed by atoms with Crippen LogP contribution in [0, 0.1) is 0 Å². The Hall–Kier alpha value is -3.68. The van der Waals surface area contributed by atoms with Crippen molar-refractivity contribution >= 4 is 5.97 Å². The van der Waals surface area contributed by atoms with Gasteiger partial charge in [0.2, 0.25) is 0 Å². The molecule has 35 heavy (non-hydrogen) atoms. The first-order valence-corrected chi connectivity index (χ1v) is 11.3. The highest BCUT2D eigenvalue weighted by Gasteiger charge is 2.31. The molecule has 186 valence electrons. The second-order valence-corrected chi connectivity index (χ2v) is 7.68. The number of rotatable bonds is 11. The molecule has 0 radical (unpaired) electrons. The van der Waals surface area contributed by atoms with E-state index in [1.165, 1.54) is 29.8 Å². The number of hydrogen-bond donors (Lipinski definition) is 0. The molecule has 0 bridgehead atoms. The lowest BCUT2D eigenvalue weighted by molar-refractivity contribution is -0.274. The van der Waals surface area contributed by atoms with E-state index in [1.54, 1.807) is 25.1 Å². The van der Waals surface area contributed by atoms with Crippen molar-refractivity contribution in [3.63, 3.8) is 0 Å². The standard InChI is InChI=1S/C27H27F3O5/c1-3-5-6-19-7-12-22(13-8-19)34-25-17-21(11-16-24(25)33-18-26(31)32-4-2)20-9-14-23(15-10-20)35-27(28,29)30/h7-17H,3-6,18H2,1-2H3. The molecule has 0 saturated carbocycles. The van der Waals surface area contributed by atoms with Gasteiger partial charge in [0.1, 0.15) is 11.5 Å². The minimum atomic E-state index is -4.76. The summed E-state index contributed by atoms with van der Waals surface area (Å²) >= 11 is 0. The van der Waals surface area contributed by atoms with Gasteiger partial charge in [-0.1, -0.05) is 43.7 Å². The number of alkyl halides is 3. The molecule has 0 amide bonds. The molecule has 0 aromatic heterocycles. The Bertz CT molecular complexity index is 1090. The van der Waals surface area contributed by atoms with E-state index in [9.17, 15) is 18.0 Å². The van der Waals surface area contributed by atoms with Crippen molar-refractivity contribution in [1.82, 2.24) is 0 Å². The number of unbranched alkanes of at least 4 members (excludes halogenated alkanes) is 1. The zero-order valence-electron chi connectivity index (χ0n) is 19.6. The van der Waals surface area contributed by atoms with Crippen LogP contribution >= 0.6 is 0 Å². The molecule has 0 aliphatic rings. The number of benzene rings is 3. The van der Waals surface area contributed by atoms with Gasteiger partial charge in [0.05, 0.1) is 6.61 Å². The van der Waals surface area contributed by atoms with E-state index in [0.29, 0.717) is 28.4 Å². The lowest BCUT2D eigenvalue weighted by Crippen LogP contribution is -2.16. The van der Waals surface area contributed by atoms with Gasteiger partial charge in [-0.25, -0.2) is 4.79 Å². The summed E-state index contributed by atoms with van der Waals surface area (Å²) in [4.78, 5) is 11.7. The Kier molecular flexibility index (Phi) is 9.00. The zero-order valence-corrected chi connectivity index (χ0v) is 19.6. The Labute approximate surface area is 202 Å². The SMILES string of the molecule is CCCCc1ccc(Oc2cc(-c3ccc(OC(F)(F)F)cc3)ccc2OCC(=O)OCC)cc1. The molecule has 0 atom stereocenters. The largest absolute Gasteiger partial charge is 0.573 e. The molecule has 5 nitrogen and oxygen atoms in total. The third-order valence-corrected chi connectivity index (χ3v) is 4.99. The van der Waals surface area contributed by atoms with Gasteiger partial charge in [0.25, 0.3) is 0 Å². The van der Waals surface area contributed by atoms with Crippen LogP contribution in [-0.4, -0.2) is 25.5 Å². The molecule has 3 rings (SSSR count). The molecule has 3 aromatic carbocycles. The molecule has 0 saturated heterocycles. The number of esters is 1. The van der Waals surface area contributed by atoms with Crippen molar-refractivity contribution < 1.29 is 36.9 Å². The highest BCUT2D eigenvalue weighted by Crippen LogP contribution is 2.36.